The van der Waals surface area contributed by atoms with Gasteiger partial charge in [0, 0.05) is 25.0 Å². The van der Waals surface area contributed by atoms with Crippen LogP contribution >= 0.6 is 0 Å². The van der Waals surface area contributed by atoms with E-state index in [4.69, 9.17) is 4.74 Å². The number of imidazole rings is 1. The Kier molecular flexibility index (Phi) is 5.81. The predicted molar refractivity (Wildman–Crippen MR) is 85.5 cm³/mol. The monoisotopic (exact) mass is 287 g/mol. The molecule has 2 aromatic rings. The summed E-state index contributed by atoms with van der Waals surface area (Å²) in [5.41, 5.74) is 1.29. The first kappa shape index (κ1) is 15.6. The number of rotatable bonds is 8. The van der Waals surface area contributed by atoms with Gasteiger partial charge in [-0.05, 0) is 51.4 Å². The molecular weight excluding hydrogens is 262 g/mol. The molecule has 0 radical (unpaired) electrons. The van der Waals surface area contributed by atoms with Gasteiger partial charge in [0.05, 0.1) is 12.4 Å². The highest BCUT2D eigenvalue weighted by Gasteiger charge is 2.05. The third-order valence-electron chi connectivity index (χ3n) is 3.35. The zero-order valence-corrected chi connectivity index (χ0v) is 13.1. The maximum absolute atomic E-state index is 5.66. The minimum atomic E-state index is 0.217. The summed E-state index contributed by atoms with van der Waals surface area (Å²) in [7, 11) is 0. The summed E-state index contributed by atoms with van der Waals surface area (Å²) < 4.78 is 7.76. The molecule has 4 nitrogen and oxygen atoms in total. The van der Waals surface area contributed by atoms with E-state index in [1.165, 1.54) is 5.56 Å². The molecule has 0 fully saturated rings. The minimum Gasteiger partial charge on any atom is -0.491 e. The smallest absolute Gasteiger partial charge is 0.119 e. The highest BCUT2D eigenvalue weighted by atomic mass is 16.5. The Balaban J connectivity index is 1.73. The summed E-state index contributed by atoms with van der Waals surface area (Å²) in [6.07, 6.45) is 6.98. The van der Waals surface area contributed by atoms with Crippen LogP contribution in [0.25, 0.3) is 0 Å². The van der Waals surface area contributed by atoms with Crippen LogP contribution in [0.4, 0.5) is 0 Å². The van der Waals surface area contributed by atoms with Crippen molar-refractivity contribution in [3.8, 4) is 5.75 Å². The summed E-state index contributed by atoms with van der Waals surface area (Å²) in [5, 5.41) is 3.55. The number of ether oxygens (including phenoxy) is 1. The van der Waals surface area contributed by atoms with Gasteiger partial charge in [-0.1, -0.05) is 12.1 Å². The maximum Gasteiger partial charge on any atom is 0.119 e. The van der Waals surface area contributed by atoms with Crippen LogP contribution in [-0.2, 0) is 6.54 Å². The molecule has 21 heavy (non-hydrogen) atoms. The van der Waals surface area contributed by atoms with E-state index in [0.717, 1.165) is 25.3 Å². The van der Waals surface area contributed by atoms with Crippen molar-refractivity contribution >= 4 is 0 Å². The molecule has 0 saturated heterocycles. The van der Waals surface area contributed by atoms with Gasteiger partial charge in [-0.25, -0.2) is 4.98 Å². The molecule has 1 heterocycles. The van der Waals surface area contributed by atoms with E-state index in [1.54, 1.807) is 0 Å². The normalized spacial score (nSPS) is 12.6. The lowest BCUT2D eigenvalue weighted by molar-refractivity contribution is 0.242. The fourth-order valence-corrected chi connectivity index (χ4v) is 2.22. The molecule has 4 heteroatoms. The molecule has 1 aromatic carbocycles. The van der Waals surface area contributed by atoms with Crippen molar-refractivity contribution in [3.63, 3.8) is 0 Å². The van der Waals surface area contributed by atoms with Gasteiger partial charge in [0.25, 0.3) is 0 Å². The molecule has 1 atom stereocenters. The van der Waals surface area contributed by atoms with E-state index < -0.39 is 0 Å². The van der Waals surface area contributed by atoms with Crippen LogP contribution in [0.1, 0.15) is 38.8 Å². The number of nitrogens with zero attached hydrogens (tertiary/aromatic N) is 2. The fraction of sp³-hybridized carbons (Fsp3) is 0.471. The Hall–Kier alpha value is -1.81. The Morgan fingerprint density at radius 3 is 2.57 bits per heavy atom. The Morgan fingerprint density at radius 2 is 1.95 bits per heavy atom. The average Bonchev–Trinajstić information content (AvgIpc) is 2.97. The van der Waals surface area contributed by atoms with Gasteiger partial charge in [0.1, 0.15) is 5.75 Å². The summed E-state index contributed by atoms with van der Waals surface area (Å²) >= 11 is 0. The Labute approximate surface area is 127 Å². The van der Waals surface area contributed by atoms with Crippen molar-refractivity contribution in [2.45, 2.75) is 45.9 Å². The van der Waals surface area contributed by atoms with Crippen molar-refractivity contribution in [3.05, 3.63) is 48.5 Å². The second kappa shape index (κ2) is 7.84. The zero-order chi connectivity index (χ0) is 15.1. The minimum absolute atomic E-state index is 0.217. The SMILES string of the molecule is CC(C)Oc1ccc(C(C)NCCCn2ccnc2)cc1. The molecule has 0 amide bonds. The molecule has 0 aliphatic heterocycles. The molecule has 2 rings (SSSR count). The lowest BCUT2D eigenvalue weighted by atomic mass is 10.1. The second-order valence-corrected chi connectivity index (χ2v) is 5.57. The van der Waals surface area contributed by atoms with Crippen LogP contribution in [-0.4, -0.2) is 22.2 Å². The van der Waals surface area contributed by atoms with E-state index in [1.807, 2.05) is 44.7 Å². The number of hydrogen-bond donors (Lipinski definition) is 1. The first-order chi connectivity index (χ1) is 10.1. The molecule has 0 spiro atoms. The third kappa shape index (κ3) is 5.23. The van der Waals surface area contributed by atoms with Gasteiger partial charge in [-0.15, -0.1) is 0 Å². The summed E-state index contributed by atoms with van der Waals surface area (Å²) in [4.78, 5) is 4.04. The maximum atomic E-state index is 5.66. The third-order valence-corrected chi connectivity index (χ3v) is 3.35. The Morgan fingerprint density at radius 1 is 1.19 bits per heavy atom. The van der Waals surface area contributed by atoms with Gasteiger partial charge in [-0.3, -0.25) is 0 Å². The lowest BCUT2D eigenvalue weighted by Gasteiger charge is -2.16. The fourth-order valence-electron chi connectivity index (χ4n) is 2.22. The first-order valence-corrected chi connectivity index (χ1v) is 7.61. The topological polar surface area (TPSA) is 39.1 Å². The molecule has 1 N–H and O–H groups in total. The van der Waals surface area contributed by atoms with Crippen molar-refractivity contribution in [1.82, 2.24) is 14.9 Å². The molecule has 0 aliphatic rings. The van der Waals surface area contributed by atoms with E-state index in [9.17, 15) is 0 Å². The molecular formula is C17H25N3O. The van der Waals surface area contributed by atoms with E-state index in [2.05, 4.69) is 33.9 Å². The quantitative estimate of drug-likeness (QED) is 0.756. The number of nitrogens with one attached hydrogen (secondary N) is 1. The molecule has 0 aliphatic carbocycles. The summed E-state index contributed by atoms with van der Waals surface area (Å²) in [5.74, 6) is 0.932. The Bertz CT molecular complexity index is 505. The number of hydrogen-bond acceptors (Lipinski definition) is 3. The predicted octanol–water partition coefficient (Wildman–Crippen LogP) is 3.41. The number of benzene rings is 1. The second-order valence-electron chi connectivity index (χ2n) is 5.57. The number of aromatic nitrogens is 2. The van der Waals surface area contributed by atoms with Crippen molar-refractivity contribution in [2.24, 2.45) is 0 Å². The van der Waals surface area contributed by atoms with Crippen LogP contribution in [0.2, 0.25) is 0 Å². The molecule has 0 bridgehead atoms. The van der Waals surface area contributed by atoms with Crippen LogP contribution in [0.5, 0.6) is 5.75 Å². The van der Waals surface area contributed by atoms with Crippen LogP contribution in [0.15, 0.2) is 43.0 Å². The van der Waals surface area contributed by atoms with Gasteiger partial charge in [0.15, 0.2) is 0 Å². The molecule has 1 unspecified atom stereocenters. The molecule has 0 saturated carbocycles. The van der Waals surface area contributed by atoms with Crippen molar-refractivity contribution in [2.75, 3.05) is 6.54 Å². The van der Waals surface area contributed by atoms with Crippen LogP contribution in [0, 0.1) is 0 Å². The van der Waals surface area contributed by atoms with Crippen LogP contribution < -0.4 is 10.1 Å². The van der Waals surface area contributed by atoms with Gasteiger partial charge >= 0.3 is 0 Å². The summed E-state index contributed by atoms with van der Waals surface area (Å²) in [6.45, 7) is 8.26. The summed E-state index contributed by atoms with van der Waals surface area (Å²) in [6, 6.07) is 8.69. The van der Waals surface area contributed by atoms with Gasteiger partial charge < -0.3 is 14.6 Å². The van der Waals surface area contributed by atoms with Gasteiger partial charge in [0.2, 0.25) is 0 Å². The van der Waals surface area contributed by atoms with Crippen LogP contribution in [0.3, 0.4) is 0 Å². The lowest BCUT2D eigenvalue weighted by Crippen LogP contribution is -2.20. The first-order valence-electron chi connectivity index (χ1n) is 7.61. The number of aryl methyl sites for hydroxylation is 1. The van der Waals surface area contributed by atoms with Crippen molar-refractivity contribution in [1.29, 1.82) is 0 Å². The van der Waals surface area contributed by atoms with Crippen molar-refractivity contribution < 1.29 is 4.74 Å². The zero-order valence-electron chi connectivity index (χ0n) is 13.1. The molecule has 114 valence electrons. The standard InChI is InChI=1S/C17H25N3O/c1-14(2)21-17-7-5-16(6-8-17)15(3)19-9-4-11-20-12-10-18-13-20/h5-8,10,12-15,19H,4,9,11H2,1-3H3. The van der Waals surface area contributed by atoms with E-state index in [0.29, 0.717) is 6.04 Å². The average molecular weight is 287 g/mol. The molecule has 1 aromatic heterocycles. The largest absolute Gasteiger partial charge is 0.491 e. The van der Waals surface area contributed by atoms with Gasteiger partial charge in [-0.2, -0.15) is 0 Å². The van der Waals surface area contributed by atoms with E-state index >= 15 is 0 Å². The highest BCUT2D eigenvalue weighted by Crippen LogP contribution is 2.18. The highest BCUT2D eigenvalue weighted by molar-refractivity contribution is 5.29. The van der Waals surface area contributed by atoms with E-state index in [-0.39, 0.29) is 6.10 Å².